The van der Waals surface area contributed by atoms with Gasteiger partial charge in [0.1, 0.15) is 5.69 Å². The first-order valence-electron chi connectivity index (χ1n) is 21.6. The van der Waals surface area contributed by atoms with Gasteiger partial charge in [-0.25, -0.2) is 4.68 Å². The molecular formula is C59H38N4. The number of rotatable bonds is 6. The first-order valence-corrected chi connectivity index (χ1v) is 21.6. The first-order chi connectivity index (χ1) is 31.3. The number of hydrogen-bond acceptors (Lipinski definition) is 1. The summed E-state index contributed by atoms with van der Waals surface area (Å²) in [6, 6.07) is 83.4. The van der Waals surface area contributed by atoms with Crippen LogP contribution in [0.2, 0.25) is 0 Å². The van der Waals surface area contributed by atoms with E-state index in [4.69, 9.17) is 5.10 Å². The van der Waals surface area contributed by atoms with Crippen molar-refractivity contribution in [2.75, 3.05) is 0 Å². The SMILES string of the molecule is c1ccc(-c2cc3ccccc3c3c2c(-c2ccccc2)nn3-c2cccc(-c3cc(-n4c5ccccc5c5ccccc54)cc(-n4c5ccccc5c5ccccc54)c3)c2)cc1. The zero-order valence-electron chi connectivity index (χ0n) is 34.2. The van der Waals surface area contributed by atoms with E-state index in [0.29, 0.717) is 0 Å². The van der Waals surface area contributed by atoms with E-state index in [0.717, 1.165) is 61.3 Å². The zero-order chi connectivity index (χ0) is 41.4. The van der Waals surface area contributed by atoms with Gasteiger partial charge in [0.15, 0.2) is 0 Å². The molecule has 0 unspecified atom stereocenters. The predicted molar refractivity (Wildman–Crippen MR) is 264 cm³/mol. The van der Waals surface area contributed by atoms with Crippen molar-refractivity contribution in [1.29, 1.82) is 0 Å². The third-order valence-electron chi connectivity index (χ3n) is 12.8. The van der Waals surface area contributed by atoms with Crippen LogP contribution in [0.3, 0.4) is 0 Å². The molecule has 0 atom stereocenters. The molecule has 0 amide bonds. The summed E-state index contributed by atoms with van der Waals surface area (Å²) in [6.07, 6.45) is 0. The highest BCUT2D eigenvalue weighted by Gasteiger charge is 2.22. The Kier molecular flexibility index (Phi) is 7.87. The highest BCUT2D eigenvalue weighted by molar-refractivity contribution is 6.17. The number of aromatic nitrogens is 4. The fourth-order valence-corrected chi connectivity index (χ4v) is 10.1. The third-order valence-corrected chi connectivity index (χ3v) is 12.8. The molecule has 4 nitrogen and oxygen atoms in total. The Bertz CT molecular complexity index is 3670. The van der Waals surface area contributed by atoms with Crippen LogP contribution in [-0.2, 0) is 0 Å². The van der Waals surface area contributed by atoms with Crippen LogP contribution in [-0.4, -0.2) is 18.9 Å². The van der Waals surface area contributed by atoms with Crippen molar-refractivity contribution < 1.29 is 0 Å². The molecule has 294 valence electrons. The highest BCUT2D eigenvalue weighted by Crippen LogP contribution is 2.43. The van der Waals surface area contributed by atoms with E-state index in [1.165, 1.54) is 54.6 Å². The van der Waals surface area contributed by atoms with E-state index in [1.807, 2.05) is 0 Å². The van der Waals surface area contributed by atoms with Gasteiger partial charge in [-0.1, -0.05) is 170 Å². The summed E-state index contributed by atoms with van der Waals surface area (Å²) in [4.78, 5) is 0. The van der Waals surface area contributed by atoms with Crippen molar-refractivity contribution in [3.8, 4) is 50.6 Å². The highest BCUT2D eigenvalue weighted by atomic mass is 15.3. The Labute approximate surface area is 363 Å². The molecule has 13 rings (SSSR count). The molecule has 0 aliphatic heterocycles. The summed E-state index contributed by atoms with van der Waals surface area (Å²) in [5.74, 6) is 0. The van der Waals surface area contributed by atoms with E-state index < -0.39 is 0 Å². The summed E-state index contributed by atoms with van der Waals surface area (Å²) in [6.45, 7) is 0. The van der Waals surface area contributed by atoms with Gasteiger partial charge in [-0.05, 0) is 88.3 Å². The molecule has 13 aromatic rings. The first kappa shape index (κ1) is 35.3. The van der Waals surface area contributed by atoms with Crippen LogP contribution in [0.25, 0.3) is 116 Å². The molecule has 0 saturated carbocycles. The van der Waals surface area contributed by atoms with Gasteiger partial charge in [-0.15, -0.1) is 0 Å². The molecule has 10 aromatic carbocycles. The summed E-state index contributed by atoms with van der Waals surface area (Å²) in [7, 11) is 0. The van der Waals surface area contributed by atoms with Crippen LogP contribution in [0, 0.1) is 0 Å². The quantitative estimate of drug-likeness (QED) is 0.165. The lowest BCUT2D eigenvalue weighted by Crippen LogP contribution is -2.01. The molecule has 4 heteroatoms. The molecule has 0 fully saturated rings. The Balaban J connectivity index is 1.09. The molecule has 0 bridgehead atoms. The lowest BCUT2D eigenvalue weighted by atomic mass is 9.94. The standard InChI is InChI=1S/C59H38N4/c1-3-18-39(19-4-1)52-37-42-22-7-8-25-47(42)59-57(52)58(40-20-5-2-6-21-40)60-63(59)44-24-17-23-41(34-44)43-35-45(61-53-30-13-9-26-48(53)49-27-10-14-31-54(49)61)38-46(36-43)62-55-32-15-11-28-50(55)51-29-12-16-33-56(51)62/h1-38H. The molecule has 3 heterocycles. The second-order valence-electron chi connectivity index (χ2n) is 16.4. The van der Waals surface area contributed by atoms with Gasteiger partial charge in [0.2, 0.25) is 0 Å². The van der Waals surface area contributed by atoms with Gasteiger partial charge in [-0.3, -0.25) is 0 Å². The van der Waals surface area contributed by atoms with Gasteiger partial charge in [-0.2, -0.15) is 5.10 Å². The molecule has 0 aliphatic rings. The molecule has 0 N–H and O–H groups in total. The maximum atomic E-state index is 5.56. The van der Waals surface area contributed by atoms with Crippen molar-refractivity contribution in [1.82, 2.24) is 18.9 Å². The van der Waals surface area contributed by atoms with E-state index in [9.17, 15) is 0 Å². The second kappa shape index (κ2) is 14.1. The molecule has 3 aromatic heterocycles. The smallest absolute Gasteiger partial charge is 0.101 e. The third kappa shape index (κ3) is 5.52. The normalized spacial score (nSPS) is 11.8. The fourth-order valence-electron chi connectivity index (χ4n) is 10.1. The maximum Gasteiger partial charge on any atom is 0.101 e. The van der Waals surface area contributed by atoms with E-state index in [2.05, 4.69) is 244 Å². The molecule has 0 aliphatic carbocycles. The van der Waals surface area contributed by atoms with Crippen LogP contribution in [0.1, 0.15) is 0 Å². The largest absolute Gasteiger partial charge is 0.309 e. The average molecular weight is 803 g/mol. The van der Waals surface area contributed by atoms with Gasteiger partial charge in [0.05, 0.1) is 33.3 Å². The van der Waals surface area contributed by atoms with Crippen molar-refractivity contribution in [2.45, 2.75) is 0 Å². The number of benzene rings is 10. The van der Waals surface area contributed by atoms with Crippen LogP contribution in [0.5, 0.6) is 0 Å². The number of para-hydroxylation sites is 4. The Morgan fingerprint density at radius 2 is 0.746 bits per heavy atom. The zero-order valence-corrected chi connectivity index (χ0v) is 34.2. The van der Waals surface area contributed by atoms with Gasteiger partial charge < -0.3 is 9.13 Å². The average Bonchev–Trinajstić information content (AvgIpc) is 4.03. The minimum absolute atomic E-state index is 0.961. The lowest BCUT2D eigenvalue weighted by molar-refractivity contribution is 0.918. The van der Waals surface area contributed by atoms with Crippen LogP contribution in [0.4, 0.5) is 0 Å². The number of nitrogens with zero attached hydrogens (tertiary/aromatic N) is 4. The summed E-state index contributed by atoms with van der Waals surface area (Å²) >= 11 is 0. The Morgan fingerprint density at radius 3 is 1.30 bits per heavy atom. The molecular weight excluding hydrogens is 765 g/mol. The number of hydrogen-bond donors (Lipinski definition) is 0. The van der Waals surface area contributed by atoms with Crippen molar-refractivity contribution >= 4 is 65.3 Å². The lowest BCUT2D eigenvalue weighted by Gasteiger charge is -2.16. The van der Waals surface area contributed by atoms with E-state index >= 15 is 0 Å². The molecule has 0 saturated heterocycles. The Morgan fingerprint density at radius 1 is 0.302 bits per heavy atom. The van der Waals surface area contributed by atoms with Crippen molar-refractivity contribution in [3.63, 3.8) is 0 Å². The van der Waals surface area contributed by atoms with E-state index in [1.54, 1.807) is 0 Å². The molecule has 0 radical (unpaired) electrons. The number of fused-ring (bicyclic) bond motifs is 9. The summed E-state index contributed by atoms with van der Waals surface area (Å²) < 4.78 is 7.04. The summed E-state index contributed by atoms with van der Waals surface area (Å²) in [5.41, 5.74) is 15.6. The molecule has 63 heavy (non-hydrogen) atoms. The topological polar surface area (TPSA) is 27.7 Å². The van der Waals surface area contributed by atoms with Crippen molar-refractivity contribution in [3.05, 3.63) is 231 Å². The minimum atomic E-state index is 0.961. The van der Waals surface area contributed by atoms with Gasteiger partial charge in [0, 0.05) is 49.3 Å². The molecule has 0 spiro atoms. The minimum Gasteiger partial charge on any atom is -0.309 e. The van der Waals surface area contributed by atoms with Crippen molar-refractivity contribution in [2.24, 2.45) is 0 Å². The van der Waals surface area contributed by atoms with Crippen LogP contribution < -0.4 is 0 Å². The van der Waals surface area contributed by atoms with Gasteiger partial charge >= 0.3 is 0 Å². The monoisotopic (exact) mass is 802 g/mol. The van der Waals surface area contributed by atoms with E-state index in [-0.39, 0.29) is 0 Å². The maximum absolute atomic E-state index is 5.56. The van der Waals surface area contributed by atoms with Crippen LogP contribution in [0.15, 0.2) is 231 Å². The van der Waals surface area contributed by atoms with Gasteiger partial charge in [0.25, 0.3) is 0 Å². The van der Waals surface area contributed by atoms with Crippen LogP contribution >= 0.6 is 0 Å². The second-order valence-corrected chi connectivity index (χ2v) is 16.4. The summed E-state index contributed by atoms with van der Waals surface area (Å²) in [5, 5.41) is 14.0. The fraction of sp³-hybridized carbons (Fsp3) is 0. The predicted octanol–water partition coefficient (Wildman–Crippen LogP) is 15.4. The Hall–Kier alpha value is -8.47.